The molecule has 1 saturated carbocycles. The van der Waals surface area contributed by atoms with Crippen LogP contribution in [0.1, 0.15) is 41.2 Å². The van der Waals surface area contributed by atoms with E-state index in [1.165, 1.54) is 16.8 Å². The molecule has 1 aromatic carbocycles. The van der Waals surface area contributed by atoms with Gasteiger partial charge in [-0.2, -0.15) is 0 Å². The predicted molar refractivity (Wildman–Crippen MR) is 145 cm³/mol. The smallest absolute Gasteiger partial charge is 0.0831 e. The number of carbonyl (C=O) groups is 1. The summed E-state index contributed by atoms with van der Waals surface area (Å²) >= 11 is 6.16. The molecule has 9 nitrogen and oxygen atoms in total. The van der Waals surface area contributed by atoms with Gasteiger partial charge in [0.2, 0.25) is 0 Å². The fourth-order valence-corrected chi connectivity index (χ4v) is 6.17. The first-order valence-electron chi connectivity index (χ1n) is 12.7. The fraction of sp³-hybridized carbons (Fsp3) is 0.407. The molecule has 41 heavy (non-hydrogen) atoms. The van der Waals surface area contributed by atoms with Gasteiger partial charge in [-0.05, 0) is 25.8 Å². The Bertz CT molecular complexity index is 1360. The number of aromatic nitrogens is 1. The average Bonchev–Trinajstić information content (AvgIpc) is 3.74. The van der Waals surface area contributed by atoms with Gasteiger partial charge in [-0.3, -0.25) is 9.98 Å². The number of aliphatic imine (C=N–C) groups is 1. The molecule has 1 aliphatic carbocycles. The maximum atomic E-state index is 13.2. The van der Waals surface area contributed by atoms with Gasteiger partial charge in [-0.15, -0.1) is 0 Å². The number of aliphatic hydroxyl groups excluding tert-OH is 1. The van der Waals surface area contributed by atoms with Gasteiger partial charge in [-0.1, -0.05) is 11.6 Å². The monoisotopic (exact) mass is 705 g/mol. The van der Waals surface area contributed by atoms with Crippen LogP contribution in [0.2, 0.25) is 5.02 Å². The summed E-state index contributed by atoms with van der Waals surface area (Å²) in [4.78, 5) is 22.2. The molecule has 0 bridgehead atoms. The van der Waals surface area contributed by atoms with Crippen molar-refractivity contribution in [3.8, 4) is 0 Å². The number of nitrogens with two attached hydrogens (primary N) is 1. The molecule has 14 heteroatoms. The summed E-state index contributed by atoms with van der Waals surface area (Å²) in [6.07, 6.45) is -4.03. The number of amides is 2. The zero-order chi connectivity index (χ0) is 29.9. The molecule has 6 N–H and O–H groups in total. The summed E-state index contributed by atoms with van der Waals surface area (Å²) in [6, 6.07) is 7.38. The van der Waals surface area contributed by atoms with E-state index in [1.54, 1.807) is 25.1 Å². The van der Waals surface area contributed by atoms with E-state index in [4.69, 9.17) is 22.7 Å². The molecule has 0 radical (unpaired) electrons. The number of allylic oxidation sites excluding steroid dienone is 1. The molecular formula is C27H30ClF3IN6O3-. The second kappa shape index (κ2) is 12.6. The van der Waals surface area contributed by atoms with Crippen LogP contribution in [-0.4, -0.2) is 73.1 Å². The van der Waals surface area contributed by atoms with Crippen LogP contribution in [0.3, 0.4) is 0 Å². The van der Waals surface area contributed by atoms with Gasteiger partial charge in [0.1, 0.15) is 0 Å². The zero-order valence-corrected chi connectivity index (χ0v) is 25.0. The van der Waals surface area contributed by atoms with Crippen molar-refractivity contribution in [3.63, 3.8) is 0 Å². The number of benzene rings is 1. The third kappa shape index (κ3) is 8.40. The Morgan fingerprint density at radius 2 is 2.05 bits per heavy atom. The van der Waals surface area contributed by atoms with Crippen LogP contribution in [0.15, 0.2) is 59.0 Å². The third-order valence-electron chi connectivity index (χ3n) is 6.69. The number of nitrogens with one attached hydrogen (secondary N) is 2. The molecule has 1 aliphatic heterocycles. The summed E-state index contributed by atoms with van der Waals surface area (Å²) in [5.41, 5.74) is 8.31. The maximum Gasteiger partial charge on any atom is 0.0831 e. The minimum Gasteiger partial charge on any atom is -0.261 e. The maximum absolute atomic E-state index is 13.2. The normalized spacial score (nSPS) is 23.8. The Morgan fingerprint density at radius 1 is 1.37 bits per heavy atom. The minimum atomic E-state index is -4.99. The van der Waals surface area contributed by atoms with Crippen LogP contribution in [0.25, 0.3) is 0 Å². The Morgan fingerprint density at radius 3 is 2.66 bits per heavy atom. The molecule has 2 aromatic rings. The average molecular weight is 706 g/mol. The number of halogens is 5. The zero-order valence-electron chi connectivity index (χ0n) is 22.1. The van der Waals surface area contributed by atoms with Crippen LogP contribution in [0.4, 0.5) is 23.7 Å². The first-order valence-corrected chi connectivity index (χ1v) is 15.8. The summed E-state index contributed by atoms with van der Waals surface area (Å²) < 4.78 is 41.3. The van der Waals surface area contributed by atoms with Crippen LogP contribution < -0.4 is 32.3 Å². The first kappa shape index (κ1) is 31.2. The molecule has 2 amide bonds. The van der Waals surface area contributed by atoms with Crippen molar-refractivity contribution < 1.29 is 49.4 Å². The Hall–Kier alpha value is -2.75. The Labute approximate surface area is 250 Å². The topological polar surface area (TPSA) is 148 Å². The van der Waals surface area contributed by atoms with Crippen LogP contribution in [0.5, 0.6) is 0 Å². The number of hydrogen-bond donors (Lipinski definition) is 5. The molecule has 4 rings (SSSR count). The minimum absolute atomic E-state index is 0.144. The molecular weight excluding hydrogens is 676 g/mol. The number of rotatable bonds is 7. The molecule has 1 aromatic heterocycles. The standard InChI is InChI=1S/C27H30ClF3IN6O3/c1-26(41)7-6-19(22(9-26)37-18-8-17(28)11-35-12-18)21(33)13-36-25(40)38(14-23(39)27(29,30)31)24(34)16-4-2-15(3-5-16)20-10-32-20/h2-5,8,11-12,20,23,34,39,41H,6-7,9-10,13-14,33H2,1H3,(H,36,40)/q-1/b21-19-,34-24?,37-22?/t20?,23-,26?/m0/s1. The molecule has 2 aliphatic rings. The largest absolute Gasteiger partial charge is 0.261 e. The fourth-order valence-electron chi connectivity index (χ4n) is 4.32. The molecule has 2 unspecified atom stereocenters. The van der Waals surface area contributed by atoms with E-state index in [-0.39, 0.29) is 45.4 Å². The second-order valence-corrected chi connectivity index (χ2v) is 13.9. The van der Waals surface area contributed by atoms with Crippen molar-refractivity contribution in [1.82, 2.24) is 15.2 Å². The van der Waals surface area contributed by atoms with E-state index in [9.17, 15) is 28.2 Å². The van der Waals surface area contributed by atoms with Crippen molar-refractivity contribution in [3.05, 3.63) is 70.1 Å². The number of aliphatic hydroxyl groups is 2. The van der Waals surface area contributed by atoms with E-state index in [0.717, 1.165) is 5.56 Å². The number of hydrogen-bond acceptors (Lipinski definition) is 7. The van der Waals surface area contributed by atoms with Gasteiger partial charge in [0.15, 0.2) is 0 Å². The van der Waals surface area contributed by atoms with Gasteiger partial charge in [0, 0.05) is 18.3 Å². The van der Waals surface area contributed by atoms with Crippen LogP contribution in [-0.2, 0) is 0 Å². The van der Waals surface area contributed by atoms with Crippen molar-refractivity contribution in [1.29, 1.82) is 5.41 Å². The number of amidine groups is 1. The quantitative estimate of drug-likeness (QED) is 0.127. The molecule has 1 saturated heterocycles. The van der Waals surface area contributed by atoms with Crippen molar-refractivity contribution in [2.75, 3.05) is 17.5 Å². The molecule has 2 heterocycles. The number of nitrogens with zero attached hydrogens (tertiary/aromatic N) is 3. The van der Waals surface area contributed by atoms with E-state index < -0.39 is 36.3 Å². The third-order valence-corrected chi connectivity index (χ3v) is 9.37. The van der Waals surface area contributed by atoms with Gasteiger partial charge in [0.25, 0.3) is 0 Å². The molecule has 2 fully saturated rings. The summed E-state index contributed by atoms with van der Waals surface area (Å²) in [5.74, 6) is -0.488. The van der Waals surface area contributed by atoms with E-state index in [1.807, 2.05) is 12.1 Å². The van der Waals surface area contributed by atoms with Gasteiger partial charge in [-0.25, -0.2) is 0 Å². The summed E-state index contributed by atoms with van der Waals surface area (Å²) in [6.45, 7) is 0.235. The SMILES string of the molecule is CC1(O)CC/C(=C(/N)CNC(=O)N(C[C@H](O)C(F)(F)F)C(=N)c2ccc(C3C[I-]3)cc2)C(=Nc2cncc(Cl)c2)C1. The van der Waals surface area contributed by atoms with Crippen molar-refractivity contribution in [2.24, 2.45) is 10.7 Å². The van der Waals surface area contributed by atoms with Crippen LogP contribution >= 0.6 is 11.6 Å². The Kier molecular flexibility index (Phi) is 9.61. The summed E-state index contributed by atoms with van der Waals surface area (Å²) in [7, 11) is 0. The molecule has 3 atom stereocenters. The van der Waals surface area contributed by atoms with Gasteiger partial charge < -0.3 is 5.11 Å². The van der Waals surface area contributed by atoms with E-state index in [0.29, 0.717) is 43.7 Å². The number of carbonyl (C=O) groups excluding carboxylic acids is 1. The summed E-state index contributed by atoms with van der Waals surface area (Å²) in [5, 5.41) is 31.7. The number of pyridine rings is 1. The number of urea groups is 1. The molecule has 222 valence electrons. The van der Waals surface area contributed by atoms with E-state index >= 15 is 0 Å². The predicted octanol–water partition coefficient (Wildman–Crippen LogP) is 1.06. The van der Waals surface area contributed by atoms with Crippen LogP contribution in [0, 0.1) is 5.41 Å². The van der Waals surface area contributed by atoms with Gasteiger partial charge >= 0.3 is 158 Å². The first-order chi connectivity index (χ1) is 19.2. The Balaban J connectivity index is 1.55. The van der Waals surface area contributed by atoms with Gasteiger partial charge in [0.05, 0.1) is 22.5 Å². The second-order valence-electron chi connectivity index (χ2n) is 10.2. The van der Waals surface area contributed by atoms with E-state index in [2.05, 4.69) is 15.3 Å². The van der Waals surface area contributed by atoms with Crippen molar-refractivity contribution in [2.45, 2.75) is 48.0 Å². The molecule has 0 spiro atoms. The number of alkyl halides is 5. The van der Waals surface area contributed by atoms with Crippen molar-refractivity contribution >= 4 is 34.9 Å².